The third-order valence-corrected chi connectivity index (χ3v) is 5.27. The average Bonchev–Trinajstić information content (AvgIpc) is 2.82. The van der Waals surface area contributed by atoms with E-state index in [1.807, 2.05) is 0 Å². The maximum absolute atomic E-state index is 12.2. The highest BCUT2D eigenvalue weighted by Gasteiger charge is 2.52. The number of urea groups is 1. The quantitative estimate of drug-likeness (QED) is 0.716. The molecule has 0 spiro atoms. The molecule has 0 unspecified atom stereocenters. The highest BCUT2D eigenvalue weighted by atomic mass is 79.9. The van der Waals surface area contributed by atoms with Crippen LogP contribution < -0.4 is 5.73 Å². The Hall–Kier alpha value is -1.21. The minimum atomic E-state index is -4.86. The van der Waals surface area contributed by atoms with Gasteiger partial charge in [0.25, 0.3) is 0 Å². The lowest BCUT2D eigenvalue weighted by Gasteiger charge is -2.27. The fourth-order valence-corrected chi connectivity index (χ4v) is 4.71. The molecule has 1 fully saturated rings. The van der Waals surface area contributed by atoms with Crippen LogP contribution in [0.5, 0.6) is 0 Å². The third-order valence-electron chi connectivity index (χ3n) is 3.21. The van der Waals surface area contributed by atoms with Crippen molar-refractivity contribution in [3.05, 3.63) is 20.3 Å². The maximum Gasteiger partial charge on any atom is 0.418 e. The number of halogens is 1. The Balaban J connectivity index is 2.11. The van der Waals surface area contributed by atoms with Crippen LogP contribution in [0.4, 0.5) is 4.79 Å². The molecular weight excluding hydrogens is 390 g/mol. The first-order valence-corrected chi connectivity index (χ1v) is 8.52. The molecule has 114 valence electrons. The van der Waals surface area contributed by atoms with Gasteiger partial charge in [0, 0.05) is 4.88 Å². The van der Waals surface area contributed by atoms with Crippen molar-refractivity contribution in [1.29, 1.82) is 0 Å². The van der Waals surface area contributed by atoms with Crippen LogP contribution in [0.3, 0.4) is 0 Å². The van der Waals surface area contributed by atoms with E-state index in [2.05, 4.69) is 20.2 Å². The molecule has 3 heterocycles. The van der Waals surface area contributed by atoms with Crippen molar-refractivity contribution in [1.82, 2.24) is 9.96 Å². The van der Waals surface area contributed by atoms with Gasteiger partial charge in [-0.3, -0.25) is 9.35 Å². The van der Waals surface area contributed by atoms with Crippen LogP contribution >= 0.6 is 27.3 Å². The summed E-state index contributed by atoms with van der Waals surface area (Å²) in [5.74, 6) is -0.730. The van der Waals surface area contributed by atoms with Crippen molar-refractivity contribution in [3.8, 4) is 0 Å². The third kappa shape index (κ3) is 2.32. The molecule has 0 aliphatic carbocycles. The number of nitrogens with two attached hydrogens (primary N) is 1. The van der Waals surface area contributed by atoms with Gasteiger partial charge in [-0.1, -0.05) is 0 Å². The van der Waals surface area contributed by atoms with Crippen LogP contribution in [0.1, 0.15) is 22.5 Å². The van der Waals surface area contributed by atoms with Crippen LogP contribution in [-0.4, -0.2) is 41.4 Å². The van der Waals surface area contributed by atoms with E-state index in [0.29, 0.717) is 19.3 Å². The predicted octanol–water partition coefficient (Wildman–Crippen LogP) is 0.564. The lowest BCUT2D eigenvalue weighted by molar-refractivity contribution is -0.122. The van der Waals surface area contributed by atoms with E-state index < -0.39 is 34.4 Å². The fraction of sp³-hybridized carbons (Fsp3) is 0.333. The molecule has 0 aromatic carbocycles. The molecule has 3 rings (SSSR count). The van der Waals surface area contributed by atoms with Crippen LogP contribution in [-0.2, 0) is 19.5 Å². The van der Waals surface area contributed by atoms with Gasteiger partial charge in [0.05, 0.1) is 10.3 Å². The van der Waals surface area contributed by atoms with Gasteiger partial charge in [0.1, 0.15) is 12.1 Å². The van der Waals surface area contributed by atoms with E-state index in [-0.39, 0.29) is 6.54 Å². The highest BCUT2D eigenvalue weighted by molar-refractivity contribution is 9.11. The molecule has 2 bridgehead atoms. The van der Waals surface area contributed by atoms with Crippen molar-refractivity contribution >= 4 is 49.6 Å². The summed E-state index contributed by atoms with van der Waals surface area (Å²) in [6, 6.07) is -0.916. The van der Waals surface area contributed by atoms with Crippen molar-refractivity contribution < 1.29 is 26.8 Å². The number of carbonyl (C=O) groups is 2. The summed E-state index contributed by atoms with van der Waals surface area (Å²) in [6.45, 7) is 0.0398. The monoisotopic (exact) mass is 397 g/mol. The second kappa shape index (κ2) is 4.64. The van der Waals surface area contributed by atoms with Gasteiger partial charge in [-0.25, -0.2) is 4.79 Å². The van der Waals surface area contributed by atoms with Crippen LogP contribution in [0.15, 0.2) is 9.85 Å². The minimum Gasteiger partial charge on any atom is -0.368 e. The lowest BCUT2D eigenvalue weighted by atomic mass is 9.99. The summed E-state index contributed by atoms with van der Waals surface area (Å²) < 4.78 is 35.6. The molecule has 21 heavy (non-hydrogen) atoms. The second-order valence-electron chi connectivity index (χ2n) is 4.45. The lowest BCUT2D eigenvalue weighted by Crippen LogP contribution is -2.41. The predicted molar refractivity (Wildman–Crippen MR) is 73.3 cm³/mol. The highest BCUT2D eigenvalue weighted by Crippen LogP contribution is 2.48. The van der Waals surface area contributed by atoms with Gasteiger partial charge in [0.15, 0.2) is 0 Å². The average molecular weight is 398 g/mol. The van der Waals surface area contributed by atoms with Crippen LogP contribution in [0.2, 0.25) is 0 Å². The topological polar surface area (TPSA) is 130 Å². The number of rotatable bonds is 3. The molecular formula is C9H8BrN3O6S2. The first-order valence-electron chi connectivity index (χ1n) is 5.54. The molecule has 2 aliphatic heterocycles. The van der Waals surface area contributed by atoms with Crippen molar-refractivity contribution in [2.45, 2.75) is 12.1 Å². The number of hydrogen-bond donors (Lipinski definition) is 2. The van der Waals surface area contributed by atoms with Crippen LogP contribution in [0.25, 0.3) is 0 Å². The maximum atomic E-state index is 12.2. The Labute approximate surface area is 131 Å². The zero-order valence-corrected chi connectivity index (χ0v) is 13.3. The molecule has 9 nitrogen and oxygen atoms in total. The fourth-order valence-electron chi connectivity index (χ4n) is 2.51. The van der Waals surface area contributed by atoms with Gasteiger partial charge >= 0.3 is 16.4 Å². The van der Waals surface area contributed by atoms with E-state index in [9.17, 15) is 18.0 Å². The molecule has 0 radical (unpaired) electrons. The summed E-state index contributed by atoms with van der Waals surface area (Å²) in [6.07, 6.45) is 0. The number of thiophene rings is 1. The van der Waals surface area contributed by atoms with Crippen LogP contribution in [0, 0.1) is 0 Å². The molecule has 2 aliphatic rings. The first kappa shape index (κ1) is 14.7. The summed E-state index contributed by atoms with van der Waals surface area (Å²) in [4.78, 5) is 25.5. The molecule has 1 saturated heterocycles. The summed E-state index contributed by atoms with van der Waals surface area (Å²) in [5.41, 5.74) is 5.90. The number of fused-ring (bicyclic) bond motifs is 4. The number of hydrogen-bond acceptors (Lipinski definition) is 6. The summed E-state index contributed by atoms with van der Waals surface area (Å²) >= 11 is 4.50. The van der Waals surface area contributed by atoms with Gasteiger partial charge in [-0.05, 0) is 27.6 Å². The first-order chi connectivity index (χ1) is 9.69. The van der Waals surface area contributed by atoms with E-state index in [1.165, 1.54) is 11.3 Å². The van der Waals surface area contributed by atoms with Gasteiger partial charge in [0.2, 0.25) is 5.91 Å². The Morgan fingerprint density at radius 2 is 2.24 bits per heavy atom. The van der Waals surface area contributed by atoms with E-state index in [4.69, 9.17) is 10.3 Å². The van der Waals surface area contributed by atoms with Gasteiger partial charge in [-0.15, -0.1) is 15.6 Å². The molecule has 3 amide bonds. The smallest absolute Gasteiger partial charge is 0.368 e. The molecule has 12 heteroatoms. The van der Waals surface area contributed by atoms with Crippen molar-refractivity contribution in [2.75, 3.05) is 6.54 Å². The number of carbonyl (C=O) groups excluding carboxylic acids is 2. The normalized spacial score (nSPS) is 24.4. The van der Waals surface area contributed by atoms with E-state index in [0.717, 1.165) is 4.90 Å². The molecule has 3 N–H and O–H groups in total. The molecule has 1 aromatic rings. The Morgan fingerprint density at radius 3 is 2.81 bits per heavy atom. The molecule has 1 aromatic heterocycles. The Kier molecular flexibility index (Phi) is 3.25. The Morgan fingerprint density at radius 1 is 1.57 bits per heavy atom. The largest absolute Gasteiger partial charge is 0.418 e. The molecule has 0 saturated carbocycles. The molecule has 2 atom stereocenters. The SMILES string of the molecule is NC(=O)[C@@H]1c2sc(Br)cc2[C@H]2CN1C(=O)N2OS(=O)(=O)O. The van der Waals surface area contributed by atoms with Crippen molar-refractivity contribution in [3.63, 3.8) is 0 Å². The van der Waals surface area contributed by atoms with Gasteiger partial charge < -0.3 is 10.6 Å². The zero-order valence-electron chi connectivity index (χ0n) is 10.1. The van der Waals surface area contributed by atoms with E-state index >= 15 is 0 Å². The second-order valence-corrected chi connectivity index (χ2v) is 7.92. The number of nitrogens with zero attached hydrogens (tertiary/aromatic N) is 2. The van der Waals surface area contributed by atoms with Gasteiger partial charge in [-0.2, -0.15) is 13.5 Å². The standard InChI is InChI=1S/C9H8BrN3O6S2/c10-5-1-3-4-2-12(6(8(11)14)7(3)20-5)9(15)13(4)19-21(16,17)18/h1,4,6H,2H2,(H2,11,14)(H,16,17,18)/t4-,6+/m1/s1. The number of hydroxylamine groups is 2. The van der Waals surface area contributed by atoms with Crippen molar-refractivity contribution in [2.24, 2.45) is 5.73 Å². The zero-order chi connectivity index (χ0) is 15.5. The Bertz CT molecular complexity index is 747. The minimum absolute atomic E-state index is 0.0398. The summed E-state index contributed by atoms with van der Waals surface area (Å²) in [5, 5.41) is 0.538. The number of amides is 3. The van der Waals surface area contributed by atoms with E-state index in [1.54, 1.807) is 6.07 Å². The number of primary amides is 1. The summed E-state index contributed by atoms with van der Waals surface area (Å²) in [7, 11) is -4.86.